The van der Waals surface area contributed by atoms with Crippen molar-refractivity contribution in [2.24, 2.45) is 0 Å². The summed E-state index contributed by atoms with van der Waals surface area (Å²) in [7, 11) is 0. The molecule has 0 unspecified atom stereocenters. The second-order valence-electron chi connectivity index (χ2n) is 3.63. The maximum absolute atomic E-state index is 4.04. The Morgan fingerprint density at radius 2 is 1.76 bits per heavy atom. The molecule has 0 heterocycles. The summed E-state index contributed by atoms with van der Waals surface area (Å²) in [5, 5.41) is 0. The van der Waals surface area contributed by atoms with Crippen LogP contribution in [0, 0.1) is 0 Å². The van der Waals surface area contributed by atoms with Crippen LogP contribution in [0.4, 0.5) is 0 Å². The smallest absolute Gasteiger partial charge is 0.0138 e. The van der Waals surface area contributed by atoms with Gasteiger partial charge in [0.05, 0.1) is 0 Å². The molecule has 17 heavy (non-hydrogen) atoms. The zero-order chi connectivity index (χ0) is 13.1. The Kier molecular flexibility index (Phi) is 8.77. The highest BCUT2D eigenvalue weighted by Crippen LogP contribution is 2.13. The molecule has 0 aromatic heterocycles. The topological polar surface area (TPSA) is 0 Å². The van der Waals surface area contributed by atoms with Gasteiger partial charge in [0.2, 0.25) is 0 Å². The van der Waals surface area contributed by atoms with E-state index in [0.717, 1.165) is 12.0 Å². The summed E-state index contributed by atoms with van der Waals surface area (Å²) in [6.45, 7) is 12.2. The molecule has 1 rings (SSSR count). The molecule has 0 bridgehead atoms. The molecule has 0 aliphatic rings. The largest absolute Gasteiger partial charge is 0.0912 e. The molecule has 0 radical (unpaired) electrons. The van der Waals surface area contributed by atoms with Crippen LogP contribution >= 0.6 is 0 Å². The number of hydrogen-bond donors (Lipinski definition) is 0. The predicted molar refractivity (Wildman–Crippen MR) is 80.0 cm³/mol. The first-order valence-electron chi connectivity index (χ1n) is 6.26. The van der Waals surface area contributed by atoms with Gasteiger partial charge in [0, 0.05) is 0 Å². The number of hydrogen-bond acceptors (Lipinski definition) is 0. The van der Waals surface area contributed by atoms with Crippen molar-refractivity contribution in [3.63, 3.8) is 0 Å². The summed E-state index contributed by atoms with van der Waals surface area (Å²) < 4.78 is 0. The molecular weight excluding hydrogens is 204 g/mol. The average molecular weight is 228 g/mol. The van der Waals surface area contributed by atoms with Gasteiger partial charge in [0.25, 0.3) is 0 Å². The van der Waals surface area contributed by atoms with Crippen molar-refractivity contribution in [2.75, 3.05) is 0 Å². The molecule has 0 nitrogen and oxygen atoms in total. The average Bonchev–Trinajstić information content (AvgIpc) is 2.41. The normalized spacial score (nSPS) is 10.9. The second kappa shape index (κ2) is 9.65. The Morgan fingerprint density at radius 1 is 1.18 bits per heavy atom. The van der Waals surface area contributed by atoms with Crippen LogP contribution in [0.25, 0.3) is 5.57 Å². The van der Waals surface area contributed by atoms with Crippen LogP contribution in [0.2, 0.25) is 0 Å². The van der Waals surface area contributed by atoms with Crippen LogP contribution in [-0.4, -0.2) is 0 Å². The molecule has 0 fully saturated rings. The van der Waals surface area contributed by atoms with E-state index in [9.17, 15) is 0 Å². The molecule has 0 aliphatic carbocycles. The van der Waals surface area contributed by atoms with Crippen LogP contribution in [0.1, 0.15) is 39.7 Å². The molecule has 1 aromatic rings. The molecule has 0 heteroatoms. The first kappa shape index (κ1) is 15.4. The lowest BCUT2D eigenvalue weighted by Gasteiger charge is -1.99. The van der Waals surface area contributed by atoms with Crippen molar-refractivity contribution in [3.8, 4) is 0 Å². The summed E-state index contributed by atoms with van der Waals surface area (Å²) in [5.41, 5.74) is 3.64. The van der Waals surface area contributed by atoms with Gasteiger partial charge in [-0.15, -0.1) is 0 Å². The number of allylic oxidation sites excluding steroid dienone is 5. The predicted octanol–water partition coefficient (Wildman–Crippen LogP) is 5.64. The Morgan fingerprint density at radius 3 is 2.29 bits per heavy atom. The van der Waals surface area contributed by atoms with Crippen molar-refractivity contribution >= 4 is 5.57 Å². The maximum Gasteiger partial charge on any atom is -0.0138 e. The van der Waals surface area contributed by atoms with Gasteiger partial charge < -0.3 is 0 Å². The Bertz CT molecular complexity index is 366. The second-order valence-corrected chi connectivity index (χ2v) is 3.63. The fourth-order valence-electron chi connectivity index (χ4n) is 1.25. The molecule has 92 valence electrons. The first-order chi connectivity index (χ1) is 8.24. The SMILES string of the molecule is C=C(/C=C\C/C(C)=C\C)c1ccccc1.CC. The third kappa shape index (κ3) is 6.57. The van der Waals surface area contributed by atoms with Gasteiger partial charge in [-0.2, -0.15) is 0 Å². The minimum atomic E-state index is 1.00. The Labute approximate surface area is 106 Å². The van der Waals surface area contributed by atoms with E-state index < -0.39 is 0 Å². The Hall–Kier alpha value is -1.56. The first-order valence-corrected chi connectivity index (χ1v) is 6.26. The molecule has 0 atom stereocenters. The van der Waals surface area contributed by atoms with E-state index in [2.05, 4.69) is 50.8 Å². The summed E-state index contributed by atoms with van der Waals surface area (Å²) in [6.07, 6.45) is 7.38. The van der Waals surface area contributed by atoms with Crippen molar-refractivity contribution in [3.05, 3.63) is 66.3 Å². The molecule has 0 amide bonds. The third-order valence-electron chi connectivity index (χ3n) is 2.40. The van der Waals surface area contributed by atoms with Crippen molar-refractivity contribution in [2.45, 2.75) is 34.1 Å². The summed E-state index contributed by atoms with van der Waals surface area (Å²) in [6, 6.07) is 10.2. The van der Waals surface area contributed by atoms with Crippen molar-refractivity contribution in [1.29, 1.82) is 0 Å². The van der Waals surface area contributed by atoms with E-state index in [1.54, 1.807) is 0 Å². The highest BCUT2D eigenvalue weighted by molar-refractivity contribution is 5.71. The molecule has 0 aliphatic heterocycles. The highest BCUT2D eigenvalue weighted by Gasteiger charge is 1.91. The molecule has 0 N–H and O–H groups in total. The van der Waals surface area contributed by atoms with Crippen LogP contribution in [0.3, 0.4) is 0 Å². The summed E-state index contributed by atoms with van der Waals surface area (Å²) in [4.78, 5) is 0. The van der Waals surface area contributed by atoms with E-state index in [1.807, 2.05) is 32.0 Å². The van der Waals surface area contributed by atoms with Gasteiger partial charge in [0.1, 0.15) is 0 Å². The number of benzene rings is 1. The summed E-state index contributed by atoms with van der Waals surface area (Å²) in [5.74, 6) is 0. The zero-order valence-electron chi connectivity index (χ0n) is 11.5. The third-order valence-corrected chi connectivity index (χ3v) is 2.40. The van der Waals surface area contributed by atoms with E-state index in [0.29, 0.717) is 0 Å². The molecular formula is C17H24. The molecule has 0 saturated carbocycles. The molecule has 0 saturated heterocycles. The monoisotopic (exact) mass is 228 g/mol. The molecule has 1 aromatic carbocycles. The quantitative estimate of drug-likeness (QED) is 0.462. The van der Waals surface area contributed by atoms with Crippen molar-refractivity contribution < 1.29 is 0 Å². The fourth-order valence-corrected chi connectivity index (χ4v) is 1.25. The zero-order valence-corrected chi connectivity index (χ0v) is 11.5. The van der Waals surface area contributed by atoms with Gasteiger partial charge in [-0.05, 0) is 31.4 Å². The van der Waals surface area contributed by atoms with Gasteiger partial charge >= 0.3 is 0 Å². The van der Waals surface area contributed by atoms with Crippen LogP contribution in [-0.2, 0) is 0 Å². The van der Waals surface area contributed by atoms with Crippen LogP contribution < -0.4 is 0 Å². The highest BCUT2D eigenvalue weighted by atomic mass is 14.0. The van der Waals surface area contributed by atoms with Gasteiger partial charge in [-0.1, -0.05) is 74.6 Å². The van der Waals surface area contributed by atoms with Crippen LogP contribution in [0.5, 0.6) is 0 Å². The minimum absolute atomic E-state index is 1.00. The van der Waals surface area contributed by atoms with Gasteiger partial charge in [-0.3, -0.25) is 0 Å². The van der Waals surface area contributed by atoms with E-state index in [4.69, 9.17) is 0 Å². The summed E-state index contributed by atoms with van der Waals surface area (Å²) >= 11 is 0. The lowest BCUT2D eigenvalue weighted by Crippen LogP contribution is -1.77. The van der Waals surface area contributed by atoms with Crippen LogP contribution in [0.15, 0.2) is 60.7 Å². The van der Waals surface area contributed by atoms with Gasteiger partial charge in [-0.25, -0.2) is 0 Å². The Balaban J connectivity index is 0.00000121. The van der Waals surface area contributed by atoms with Gasteiger partial charge in [0.15, 0.2) is 0 Å². The lowest BCUT2D eigenvalue weighted by molar-refractivity contribution is 1.20. The van der Waals surface area contributed by atoms with E-state index in [1.165, 1.54) is 11.1 Å². The van der Waals surface area contributed by atoms with E-state index in [-0.39, 0.29) is 0 Å². The number of rotatable bonds is 4. The lowest BCUT2D eigenvalue weighted by atomic mass is 10.1. The van der Waals surface area contributed by atoms with Crippen molar-refractivity contribution in [1.82, 2.24) is 0 Å². The minimum Gasteiger partial charge on any atom is -0.0912 e. The standard InChI is InChI=1S/C15H18.C2H6/c1-4-13(2)9-8-10-14(3)15-11-6-5-7-12-15;1-2/h4-8,10-12H,3,9H2,1-2H3;1-2H3/b10-8-,13-4-;. The molecule has 0 spiro atoms. The van der Waals surface area contributed by atoms with E-state index >= 15 is 0 Å². The fraction of sp³-hybridized carbons (Fsp3) is 0.294. The maximum atomic E-state index is 4.04.